The molecule has 0 radical (unpaired) electrons. The first-order valence-electron chi connectivity index (χ1n) is 14.1. The van der Waals surface area contributed by atoms with E-state index in [0.29, 0.717) is 16.9 Å². The molecule has 4 nitrogen and oxygen atoms in total. The Bertz CT molecular complexity index is 1330. The average molecular weight is 533 g/mol. The minimum atomic E-state index is -0.605. The maximum atomic E-state index is 10.7. The highest BCUT2D eigenvalue weighted by Gasteiger charge is 2.35. The molecule has 1 aliphatic carbocycles. The van der Waals surface area contributed by atoms with Crippen molar-refractivity contribution < 1.29 is 13.6 Å². The summed E-state index contributed by atoms with van der Waals surface area (Å²) in [5.74, 6) is 1.45. The smallest absolute Gasteiger partial charge is 0.485 e. The van der Waals surface area contributed by atoms with Gasteiger partial charge in [0.1, 0.15) is 23.4 Å². The number of fused-ring (bicyclic) bond motifs is 2. The summed E-state index contributed by atoms with van der Waals surface area (Å²) >= 11 is 0. The van der Waals surface area contributed by atoms with Crippen LogP contribution in [0.1, 0.15) is 114 Å². The molecule has 3 aromatic rings. The SMILES string of the molecule is C=C1OC(C(C)(C)C)c2ccccc21.CC(C)(C)c1ccc2c(c1)CCC2.Cc1oc(=O)oc1CC(C)(C)C. The van der Waals surface area contributed by atoms with E-state index >= 15 is 0 Å². The highest BCUT2D eigenvalue weighted by Crippen LogP contribution is 2.46. The maximum absolute atomic E-state index is 10.7. The van der Waals surface area contributed by atoms with Gasteiger partial charge in [-0.25, -0.2) is 4.79 Å². The van der Waals surface area contributed by atoms with E-state index in [1.54, 1.807) is 18.1 Å². The van der Waals surface area contributed by atoms with Gasteiger partial charge in [0.25, 0.3) is 0 Å². The molecule has 0 amide bonds. The largest absolute Gasteiger partial charge is 0.519 e. The van der Waals surface area contributed by atoms with Crippen LogP contribution in [0.5, 0.6) is 0 Å². The molecule has 0 N–H and O–H groups in total. The van der Waals surface area contributed by atoms with Crippen LogP contribution in [0.15, 0.2) is 62.7 Å². The number of rotatable bonds is 1. The monoisotopic (exact) mass is 532 g/mol. The van der Waals surface area contributed by atoms with Gasteiger partial charge in [-0.1, -0.05) is 111 Å². The van der Waals surface area contributed by atoms with Gasteiger partial charge in [0.2, 0.25) is 0 Å². The van der Waals surface area contributed by atoms with Gasteiger partial charge >= 0.3 is 5.82 Å². The van der Waals surface area contributed by atoms with Gasteiger partial charge in [0.15, 0.2) is 0 Å². The standard InChI is InChI=1S/C13H16O.C13H18.C9H14O3/c1-9-10-7-5-6-8-11(10)12(14-9)13(2,3)4;1-13(2,3)12-8-7-10-5-4-6-11(10)9-12;1-6-7(5-9(2,3)4)12-8(10)11-6/h5-8,12H,1H2,2-4H3;7-9H,4-6H2,1-3H3;5H2,1-4H3. The summed E-state index contributed by atoms with van der Waals surface area (Å²) in [4.78, 5) is 10.7. The van der Waals surface area contributed by atoms with E-state index in [2.05, 4.69) is 105 Å². The molecule has 4 heteroatoms. The first kappa shape index (κ1) is 30.5. The molecule has 2 aromatic carbocycles. The van der Waals surface area contributed by atoms with E-state index in [-0.39, 0.29) is 16.9 Å². The first-order chi connectivity index (χ1) is 18.0. The van der Waals surface area contributed by atoms with Crippen LogP contribution in [0.2, 0.25) is 0 Å². The van der Waals surface area contributed by atoms with Crippen molar-refractivity contribution in [1.29, 1.82) is 0 Å². The molecule has 2 heterocycles. The van der Waals surface area contributed by atoms with Crippen molar-refractivity contribution in [2.45, 2.75) is 106 Å². The molecule has 2 aliphatic rings. The number of ether oxygens (including phenoxy) is 1. The second kappa shape index (κ2) is 11.6. The van der Waals surface area contributed by atoms with Crippen molar-refractivity contribution in [3.63, 3.8) is 0 Å². The minimum Gasteiger partial charge on any atom is -0.485 e. The average Bonchev–Trinajstić information content (AvgIpc) is 3.50. The quantitative estimate of drug-likeness (QED) is 0.313. The summed E-state index contributed by atoms with van der Waals surface area (Å²) in [5.41, 5.74) is 7.61. The fourth-order valence-electron chi connectivity index (χ4n) is 4.95. The highest BCUT2D eigenvalue weighted by molar-refractivity contribution is 5.65. The Balaban J connectivity index is 0.000000162. The normalized spacial score (nSPS) is 16.4. The lowest BCUT2D eigenvalue weighted by molar-refractivity contribution is 0.0751. The molecule has 5 rings (SSSR count). The second-order valence-electron chi connectivity index (χ2n) is 14.1. The zero-order valence-electron chi connectivity index (χ0n) is 25.8. The van der Waals surface area contributed by atoms with E-state index in [4.69, 9.17) is 13.6 Å². The fourth-order valence-corrected chi connectivity index (χ4v) is 4.95. The molecule has 0 bridgehead atoms. The third-order valence-corrected chi connectivity index (χ3v) is 7.08. The summed E-state index contributed by atoms with van der Waals surface area (Å²) in [5, 5.41) is 0. The zero-order valence-corrected chi connectivity index (χ0v) is 25.8. The fraction of sp³-hybridized carbons (Fsp3) is 0.514. The summed E-state index contributed by atoms with van der Waals surface area (Å²) in [7, 11) is 0. The molecule has 1 atom stereocenters. The van der Waals surface area contributed by atoms with Crippen LogP contribution in [0.4, 0.5) is 0 Å². The Hall–Kier alpha value is -3.01. The van der Waals surface area contributed by atoms with Crippen molar-refractivity contribution in [2.24, 2.45) is 10.8 Å². The lowest BCUT2D eigenvalue weighted by Crippen LogP contribution is -2.17. The van der Waals surface area contributed by atoms with Crippen molar-refractivity contribution in [3.8, 4) is 0 Å². The van der Waals surface area contributed by atoms with Crippen LogP contribution in [-0.4, -0.2) is 0 Å². The van der Waals surface area contributed by atoms with Crippen LogP contribution in [-0.2, 0) is 29.4 Å². The predicted molar refractivity (Wildman–Crippen MR) is 161 cm³/mol. The molecular weight excluding hydrogens is 484 g/mol. The molecule has 1 aromatic heterocycles. The molecule has 0 fully saturated rings. The minimum absolute atomic E-state index is 0.116. The zero-order chi connectivity index (χ0) is 29.2. The van der Waals surface area contributed by atoms with Crippen molar-refractivity contribution >= 4 is 5.76 Å². The Morgan fingerprint density at radius 2 is 1.51 bits per heavy atom. The van der Waals surface area contributed by atoms with Gasteiger partial charge in [0, 0.05) is 23.0 Å². The van der Waals surface area contributed by atoms with E-state index in [9.17, 15) is 4.79 Å². The van der Waals surface area contributed by atoms with Gasteiger partial charge < -0.3 is 13.6 Å². The third kappa shape index (κ3) is 8.24. The second-order valence-corrected chi connectivity index (χ2v) is 14.1. The van der Waals surface area contributed by atoms with E-state index in [1.165, 1.54) is 30.4 Å². The van der Waals surface area contributed by atoms with Crippen molar-refractivity contribution in [2.75, 3.05) is 0 Å². The third-order valence-electron chi connectivity index (χ3n) is 7.08. The van der Waals surface area contributed by atoms with Crippen LogP contribution in [0.25, 0.3) is 5.76 Å². The Labute approximate surface area is 235 Å². The van der Waals surface area contributed by atoms with Gasteiger partial charge in [0.05, 0.1) is 0 Å². The Morgan fingerprint density at radius 3 is 2.08 bits per heavy atom. The molecule has 0 saturated heterocycles. The Morgan fingerprint density at radius 1 is 0.872 bits per heavy atom. The van der Waals surface area contributed by atoms with E-state index < -0.39 is 5.82 Å². The molecule has 212 valence electrons. The van der Waals surface area contributed by atoms with Crippen molar-refractivity contribution in [3.05, 3.63) is 99.0 Å². The van der Waals surface area contributed by atoms with Crippen molar-refractivity contribution in [1.82, 2.24) is 0 Å². The Kier molecular flexibility index (Phi) is 9.09. The van der Waals surface area contributed by atoms with E-state index in [1.807, 2.05) is 6.07 Å². The number of hydrogen-bond acceptors (Lipinski definition) is 4. The molecule has 1 unspecified atom stereocenters. The van der Waals surface area contributed by atoms with Gasteiger partial charge in [-0.05, 0) is 53.7 Å². The summed E-state index contributed by atoms with van der Waals surface area (Å²) in [6.07, 6.45) is 4.80. The van der Waals surface area contributed by atoms with Gasteiger partial charge in [-0.2, -0.15) is 0 Å². The molecule has 1 aliphatic heterocycles. The summed E-state index contributed by atoms with van der Waals surface area (Å²) in [6, 6.07) is 15.3. The van der Waals surface area contributed by atoms with Crippen LogP contribution in [0, 0.1) is 17.8 Å². The lowest BCUT2D eigenvalue weighted by Gasteiger charge is -2.26. The highest BCUT2D eigenvalue weighted by atomic mass is 16.6. The molecule has 39 heavy (non-hydrogen) atoms. The van der Waals surface area contributed by atoms with Crippen LogP contribution < -0.4 is 5.82 Å². The summed E-state index contributed by atoms with van der Waals surface area (Å²) < 4.78 is 15.4. The lowest BCUT2D eigenvalue weighted by atomic mass is 9.84. The molecule has 0 spiro atoms. The van der Waals surface area contributed by atoms with Crippen LogP contribution >= 0.6 is 0 Å². The first-order valence-corrected chi connectivity index (χ1v) is 14.1. The molecule has 0 saturated carbocycles. The van der Waals surface area contributed by atoms with Gasteiger partial charge in [-0.3, -0.25) is 0 Å². The van der Waals surface area contributed by atoms with Gasteiger partial charge in [-0.15, -0.1) is 0 Å². The van der Waals surface area contributed by atoms with E-state index in [0.717, 1.165) is 17.7 Å². The van der Waals surface area contributed by atoms with Crippen LogP contribution in [0.3, 0.4) is 0 Å². The molecular formula is C35H48O4. The summed E-state index contributed by atoms with van der Waals surface area (Å²) in [6.45, 7) is 25.3. The maximum Gasteiger partial charge on any atom is 0.519 e. The number of benzene rings is 2. The predicted octanol–water partition coefficient (Wildman–Crippen LogP) is 9.38. The topological polar surface area (TPSA) is 52.6 Å². The number of hydrogen-bond donors (Lipinski definition) is 0. The number of aryl methyl sites for hydroxylation is 3.